The fourth-order valence-electron chi connectivity index (χ4n) is 3.94. The number of hydrogen-bond acceptors (Lipinski definition) is 2. The van der Waals surface area contributed by atoms with Gasteiger partial charge in [0, 0.05) is 23.2 Å². The predicted octanol–water partition coefficient (Wildman–Crippen LogP) is 4.98. The van der Waals surface area contributed by atoms with Gasteiger partial charge in [0.2, 0.25) is 0 Å². The summed E-state index contributed by atoms with van der Waals surface area (Å²) < 4.78 is 7.35. The van der Waals surface area contributed by atoms with Crippen LogP contribution < -0.4 is 5.32 Å². The minimum atomic E-state index is 0.186. The van der Waals surface area contributed by atoms with E-state index >= 15 is 0 Å². The number of halogens is 1. The first-order valence-corrected chi connectivity index (χ1v) is 9.12. The van der Waals surface area contributed by atoms with E-state index in [2.05, 4.69) is 52.4 Å². The first-order chi connectivity index (χ1) is 10.2. The zero-order valence-corrected chi connectivity index (χ0v) is 14.5. The summed E-state index contributed by atoms with van der Waals surface area (Å²) in [6.07, 6.45) is 8.91. The van der Waals surface area contributed by atoms with Gasteiger partial charge < -0.3 is 10.1 Å². The molecule has 0 bridgehead atoms. The van der Waals surface area contributed by atoms with E-state index in [1.54, 1.807) is 0 Å². The summed E-state index contributed by atoms with van der Waals surface area (Å²) >= 11 is 3.57. The van der Waals surface area contributed by atoms with Crippen LogP contribution in [0.5, 0.6) is 0 Å². The van der Waals surface area contributed by atoms with Gasteiger partial charge in [-0.3, -0.25) is 0 Å². The van der Waals surface area contributed by atoms with E-state index in [4.69, 9.17) is 4.74 Å². The molecule has 1 aliphatic carbocycles. The van der Waals surface area contributed by atoms with Crippen molar-refractivity contribution in [2.24, 2.45) is 0 Å². The Kier molecular flexibility index (Phi) is 5.03. The topological polar surface area (TPSA) is 21.3 Å². The second kappa shape index (κ2) is 6.80. The van der Waals surface area contributed by atoms with Gasteiger partial charge in [-0.1, -0.05) is 47.3 Å². The smallest absolute Gasteiger partial charge is 0.0697 e. The molecular weight excluding hydrogens is 326 g/mol. The summed E-state index contributed by atoms with van der Waals surface area (Å²) in [7, 11) is 0. The van der Waals surface area contributed by atoms with Crippen molar-refractivity contribution >= 4 is 15.9 Å². The molecule has 1 aliphatic heterocycles. The Hall–Kier alpha value is -0.380. The standard InChI is InChI=1S/C18H26BrNO/c1-14(15-6-5-7-16(19)12-15)20-17-8-11-21-18(13-17)9-3-2-4-10-18/h5-7,12,14,17,20H,2-4,8-11,13H2,1H3/t14-,17?/m0/s1. The van der Waals surface area contributed by atoms with Crippen LogP contribution in [0.15, 0.2) is 28.7 Å². The van der Waals surface area contributed by atoms with Gasteiger partial charge in [-0.05, 0) is 50.3 Å². The van der Waals surface area contributed by atoms with Gasteiger partial charge in [-0.15, -0.1) is 0 Å². The Morgan fingerprint density at radius 1 is 1.29 bits per heavy atom. The second-order valence-electron chi connectivity index (χ2n) is 6.73. The SMILES string of the molecule is C[C@H](NC1CCOC2(CCCCC2)C1)c1cccc(Br)c1. The van der Waals surface area contributed by atoms with E-state index in [-0.39, 0.29) is 5.60 Å². The number of benzene rings is 1. The molecule has 1 aromatic carbocycles. The zero-order chi connectivity index (χ0) is 14.7. The average molecular weight is 352 g/mol. The maximum Gasteiger partial charge on any atom is 0.0697 e. The first-order valence-electron chi connectivity index (χ1n) is 8.32. The first kappa shape index (κ1) is 15.5. The average Bonchev–Trinajstić information content (AvgIpc) is 2.48. The van der Waals surface area contributed by atoms with Crippen LogP contribution in [-0.2, 0) is 4.74 Å². The third-order valence-corrected chi connectivity index (χ3v) is 5.59. The Balaban J connectivity index is 1.61. The van der Waals surface area contributed by atoms with E-state index in [0.29, 0.717) is 12.1 Å². The summed E-state index contributed by atoms with van der Waals surface area (Å²) in [5.74, 6) is 0. The number of hydrogen-bond donors (Lipinski definition) is 1. The van der Waals surface area contributed by atoms with Crippen LogP contribution >= 0.6 is 15.9 Å². The van der Waals surface area contributed by atoms with Crippen LogP contribution in [0.2, 0.25) is 0 Å². The van der Waals surface area contributed by atoms with Gasteiger partial charge >= 0.3 is 0 Å². The number of ether oxygens (including phenoxy) is 1. The van der Waals surface area contributed by atoms with E-state index in [1.165, 1.54) is 44.1 Å². The van der Waals surface area contributed by atoms with Gasteiger partial charge in [0.05, 0.1) is 5.60 Å². The highest BCUT2D eigenvalue weighted by Crippen LogP contribution is 2.39. The fraction of sp³-hybridized carbons (Fsp3) is 0.667. The summed E-state index contributed by atoms with van der Waals surface area (Å²) in [6.45, 7) is 3.19. The molecular formula is C18H26BrNO. The Morgan fingerprint density at radius 2 is 2.10 bits per heavy atom. The maximum atomic E-state index is 6.20. The molecule has 1 aromatic rings. The summed E-state index contributed by atoms with van der Waals surface area (Å²) in [4.78, 5) is 0. The molecule has 116 valence electrons. The van der Waals surface area contributed by atoms with E-state index in [9.17, 15) is 0 Å². The zero-order valence-electron chi connectivity index (χ0n) is 12.9. The molecule has 3 rings (SSSR count). The van der Waals surface area contributed by atoms with Crippen LogP contribution in [0.4, 0.5) is 0 Å². The fourth-order valence-corrected chi connectivity index (χ4v) is 4.36. The summed E-state index contributed by atoms with van der Waals surface area (Å²) in [5.41, 5.74) is 1.54. The highest BCUT2D eigenvalue weighted by molar-refractivity contribution is 9.10. The third-order valence-electron chi connectivity index (χ3n) is 5.09. The molecule has 1 unspecified atom stereocenters. The van der Waals surface area contributed by atoms with Crippen LogP contribution in [0, 0.1) is 0 Å². The lowest BCUT2D eigenvalue weighted by Gasteiger charge is -2.44. The second-order valence-corrected chi connectivity index (χ2v) is 7.64. The molecule has 1 saturated heterocycles. The molecule has 21 heavy (non-hydrogen) atoms. The molecule has 1 spiro atoms. The van der Waals surface area contributed by atoms with Crippen molar-refractivity contribution in [1.82, 2.24) is 5.32 Å². The van der Waals surface area contributed by atoms with Crippen molar-refractivity contribution in [2.75, 3.05) is 6.61 Å². The minimum absolute atomic E-state index is 0.186. The van der Waals surface area contributed by atoms with E-state index < -0.39 is 0 Å². The Morgan fingerprint density at radius 3 is 2.86 bits per heavy atom. The van der Waals surface area contributed by atoms with Gasteiger partial charge in [0.15, 0.2) is 0 Å². The highest BCUT2D eigenvalue weighted by Gasteiger charge is 2.38. The van der Waals surface area contributed by atoms with Gasteiger partial charge in [-0.2, -0.15) is 0 Å². The number of nitrogens with one attached hydrogen (secondary N) is 1. The lowest BCUT2D eigenvalue weighted by Crippen LogP contribution is -2.48. The minimum Gasteiger partial charge on any atom is -0.375 e. The molecule has 1 heterocycles. The monoisotopic (exact) mass is 351 g/mol. The Labute approximate surface area is 136 Å². The highest BCUT2D eigenvalue weighted by atomic mass is 79.9. The molecule has 0 radical (unpaired) electrons. The van der Waals surface area contributed by atoms with Crippen LogP contribution in [0.3, 0.4) is 0 Å². The molecule has 3 heteroatoms. The van der Waals surface area contributed by atoms with E-state index in [1.807, 2.05) is 0 Å². The van der Waals surface area contributed by atoms with E-state index in [0.717, 1.165) is 17.5 Å². The lowest BCUT2D eigenvalue weighted by atomic mass is 9.78. The molecule has 2 atom stereocenters. The summed E-state index contributed by atoms with van der Waals surface area (Å²) in [5, 5.41) is 3.83. The lowest BCUT2D eigenvalue weighted by molar-refractivity contribution is -0.110. The molecule has 0 amide bonds. The maximum absolute atomic E-state index is 6.20. The van der Waals surface area contributed by atoms with Crippen molar-refractivity contribution in [2.45, 2.75) is 69.6 Å². The van der Waals surface area contributed by atoms with Crippen molar-refractivity contribution < 1.29 is 4.74 Å². The van der Waals surface area contributed by atoms with Crippen molar-refractivity contribution in [3.63, 3.8) is 0 Å². The largest absolute Gasteiger partial charge is 0.375 e. The van der Waals surface area contributed by atoms with Crippen LogP contribution in [0.1, 0.15) is 63.5 Å². The third kappa shape index (κ3) is 3.88. The molecule has 1 N–H and O–H groups in total. The van der Waals surface area contributed by atoms with Gasteiger partial charge in [-0.25, -0.2) is 0 Å². The van der Waals surface area contributed by atoms with Crippen molar-refractivity contribution in [3.05, 3.63) is 34.3 Å². The van der Waals surface area contributed by atoms with Crippen molar-refractivity contribution in [1.29, 1.82) is 0 Å². The molecule has 1 saturated carbocycles. The predicted molar refractivity (Wildman–Crippen MR) is 90.5 cm³/mol. The van der Waals surface area contributed by atoms with Crippen molar-refractivity contribution in [3.8, 4) is 0 Å². The summed E-state index contributed by atoms with van der Waals surface area (Å²) in [6, 6.07) is 9.61. The quantitative estimate of drug-likeness (QED) is 0.828. The number of rotatable bonds is 3. The molecule has 2 aliphatic rings. The van der Waals surface area contributed by atoms with Crippen LogP contribution in [-0.4, -0.2) is 18.2 Å². The Bertz CT molecular complexity index is 465. The normalized spacial score (nSPS) is 26.7. The molecule has 0 aromatic heterocycles. The molecule has 2 fully saturated rings. The van der Waals surface area contributed by atoms with Gasteiger partial charge in [0.25, 0.3) is 0 Å². The van der Waals surface area contributed by atoms with Gasteiger partial charge in [0.1, 0.15) is 0 Å². The molecule has 2 nitrogen and oxygen atoms in total. The van der Waals surface area contributed by atoms with Crippen LogP contribution in [0.25, 0.3) is 0 Å².